The Morgan fingerprint density at radius 1 is 1.32 bits per heavy atom. The first-order chi connectivity index (χ1) is 8.56. The number of aryl methyl sites for hydroxylation is 2. The van der Waals surface area contributed by atoms with Crippen molar-refractivity contribution in [2.75, 3.05) is 11.9 Å². The summed E-state index contributed by atoms with van der Waals surface area (Å²) >= 11 is 5.24. The van der Waals surface area contributed by atoms with Crippen molar-refractivity contribution in [2.24, 2.45) is 5.73 Å². The lowest BCUT2D eigenvalue weighted by atomic mass is 10.0. The van der Waals surface area contributed by atoms with Crippen LogP contribution in [0.2, 0.25) is 0 Å². The standard InChI is InChI=1S/C13H20N4S.ClH/c1-4-9-7-6-8-10(5-2)11(9)17(12(14)15)13(18)16-3;/h6-8H,4-5H2,1-3H3,(H3,14,15)(H,16,18);1H. The van der Waals surface area contributed by atoms with Gasteiger partial charge in [0.25, 0.3) is 0 Å². The highest BCUT2D eigenvalue weighted by Crippen LogP contribution is 2.27. The van der Waals surface area contributed by atoms with Gasteiger partial charge in [0.05, 0.1) is 5.69 Å². The average molecular weight is 301 g/mol. The molecule has 0 radical (unpaired) electrons. The van der Waals surface area contributed by atoms with Crippen LogP contribution in [0.4, 0.5) is 5.69 Å². The van der Waals surface area contributed by atoms with Crippen LogP contribution in [0, 0.1) is 5.41 Å². The van der Waals surface area contributed by atoms with Gasteiger partial charge in [-0.1, -0.05) is 32.0 Å². The second-order valence-corrected chi connectivity index (χ2v) is 4.29. The topological polar surface area (TPSA) is 65.1 Å². The van der Waals surface area contributed by atoms with Gasteiger partial charge in [0.1, 0.15) is 0 Å². The fourth-order valence-electron chi connectivity index (χ4n) is 1.95. The second kappa shape index (κ2) is 7.96. The fourth-order valence-corrected chi connectivity index (χ4v) is 2.14. The number of anilines is 1. The van der Waals surface area contributed by atoms with Crippen LogP contribution in [-0.4, -0.2) is 18.1 Å². The van der Waals surface area contributed by atoms with E-state index in [-0.39, 0.29) is 18.4 Å². The Morgan fingerprint density at radius 3 is 2.11 bits per heavy atom. The molecule has 0 atom stereocenters. The first-order valence-corrected chi connectivity index (χ1v) is 6.44. The number of rotatable bonds is 3. The van der Waals surface area contributed by atoms with Crippen molar-refractivity contribution in [3.63, 3.8) is 0 Å². The van der Waals surface area contributed by atoms with Crippen LogP contribution in [0.25, 0.3) is 0 Å². The summed E-state index contributed by atoms with van der Waals surface area (Å²) in [5.74, 6) is -0.0649. The summed E-state index contributed by atoms with van der Waals surface area (Å²) in [5.41, 5.74) is 8.90. The van der Waals surface area contributed by atoms with E-state index in [1.54, 1.807) is 11.9 Å². The molecule has 106 valence electrons. The molecule has 1 rings (SSSR count). The van der Waals surface area contributed by atoms with Crippen LogP contribution in [0.15, 0.2) is 18.2 Å². The molecule has 0 amide bonds. The highest BCUT2D eigenvalue weighted by molar-refractivity contribution is 7.80. The van der Waals surface area contributed by atoms with Crippen LogP contribution < -0.4 is 16.0 Å². The Bertz CT molecular complexity index is 440. The van der Waals surface area contributed by atoms with Crippen molar-refractivity contribution in [3.05, 3.63) is 29.3 Å². The lowest BCUT2D eigenvalue weighted by Crippen LogP contribution is -2.46. The lowest BCUT2D eigenvalue weighted by Gasteiger charge is -2.27. The molecule has 0 saturated carbocycles. The molecule has 1 aromatic rings. The SMILES string of the molecule is CCc1cccc(CC)c1N(C(=N)N)C(=S)NC.Cl. The van der Waals surface area contributed by atoms with E-state index < -0.39 is 0 Å². The minimum absolute atomic E-state index is 0. The van der Waals surface area contributed by atoms with E-state index in [2.05, 4.69) is 19.2 Å². The molecule has 1 aromatic carbocycles. The molecule has 0 bridgehead atoms. The molecule has 0 spiro atoms. The normalized spacial score (nSPS) is 9.42. The summed E-state index contributed by atoms with van der Waals surface area (Å²) < 4.78 is 0. The number of guanidine groups is 1. The number of thiocarbonyl (C=S) groups is 1. The van der Waals surface area contributed by atoms with E-state index in [0.29, 0.717) is 5.11 Å². The zero-order valence-corrected chi connectivity index (χ0v) is 13.1. The molecular formula is C13H21ClN4S. The largest absolute Gasteiger partial charge is 0.369 e. The number of nitrogens with zero attached hydrogens (tertiary/aromatic N) is 1. The minimum Gasteiger partial charge on any atom is -0.369 e. The number of nitrogens with two attached hydrogens (primary N) is 1. The third-order valence-corrected chi connectivity index (χ3v) is 3.23. The summed E-state index contributed by atoms with van der Waals surface area (Å²) in [6, 6.07) is 6.12. The Kier molecular flexibility index (Phi) is 7.41. The van der Waals surface area contributed by atoms with E-state index in [9.17, 15) is 0 Å². The van der Waals surface area contributed by atoms with Gasteiger partial charge in [-0.15, -0.1) is 12.4 Å². The van der Waals surface area contributed by atoms with Crippen molar-refractivity contribution in [3.8, 4) is 0 Å². The summed E-state index contributed by atoms with van der Waals surface area (Å²) in [5, 5.41) is 11.1. The van der Waals surface area contributed by atoms with Gasteiger partial charge in [-0.05, 0) is 36.2 Å². The predicted octanol–water partition coefficient (Wildman–Crippen LogP) is 2.44. The van der Waals surface area contributed by atoms with Gasteiger partial charge in [0, 0.05) is 7.05 Å². The number of hydrogen-bond acceptors (Lipinski definition) is 2. The molecule has 0 unspecified atom stereocenters. The van der Waals surface area contributed by atoms with Crippen molar-refractivity contribution < 1.29 is 0 Å². The molecule has 0 fully saturated rings. The van der Waals surface area contributed by atoms with E-state index in [0.717, 1.165) is 29.7 Å². The molecule has 0 aromatic heterocycles. The number of para-hydroxylation sites is 1. The third-order valence-electron chi connectivity index (χ3n) is 2.85. The smallest absolute Gasteiger partial charge is 0.199 e. The highest BCUT2D eigenvalue weighted by Gasteiger charge is 2.19. The summed E-state index contributed by atoms with van der Waals surface area (Å²) in [4.78, 5) is 1.59. The van der Waals surface area contributed by atoms with Gasteiger partial charge >= 0.3 is 0 Å². The number of nitrogens with one attached hydrogen (secondary N) is 2. The third kappa shape index (κ3) is 3.81. The van der Waals surface area contributed by atoms with Crippen LogP contribution in [0.1, 0.15) is 25.0 Å². The second-order valence-electron chi connectivity index (χ2n) is 3.91. The minimum atomic E-state index is -0.0649. The fraction of sp³-hybridized carbons (Fsp3) is 0.385. The van der Waals surface area contributed by atoms with E-state index in [1.807, 2.05) is 18.2 Å². The molecule has 4 N–H and O–H groups in total. The maximum atomic E-state index is 7.74. The van der Waals surface area contributed by atoms with Crippen molar-refractivity contribution >= 4 is 41.4 Å². The van der Waals surface area contributed by atoms with Gasteiger partial charge in [0.2, 0.25) is 0 Å². The maximum absolute atomic E-state index is 7.74. The van der Waals surface area contributed by atoms with Crippen LogP contribution in [-0.2, 0) is 12.8 Å². The first kappa shape index (κ1) is 17.7. The van der Waals surface area contributed by atoms with Gasteiger partial charge in [-0.3, -0.25) is 10.3 Å². The molecule has 4 nitrogen and oxygen atoms in total. The average Bonchev–Trinajstić information content (AvgIpc) is 2.38. The Labute approximate surface area is 126 Å². The van der Waals surface area contributed by atoms with Gasteiger partial charge in [0.15, 0.2) is 11.1 Å². The quantitative estimate of drug-likeness (QED) is 0.456. The van der Waals surface area contributed by atoms with E-state index in [1.165, 1.54) is 0 Å². The van der Waals surface area contributed by atoms with Gasteiger partial charge in [-0.2, -0.15) is 0 Å². The summed E-state index contributed by atoms with van der Waals surface area (Å²) in [6.07, 6.45) is 1.75. The Balaban J connectivity index is 0.00000324. The maximum Gasteiger partial charge on any atom is 0.199 e. The van der Waals surface area contributed by atoms with Crippen LogP contribution in [0.5, 0.6) is 0 Å². The van der Waals surface area contributed by atoms with Gasteiger partial charge in [-0.25, -0.2) is 0 Å². The molecule has 0 heterocycles. The molecule has 6 heteroatoms. The zero-order valence-electron chi connectivity index (χ0n) is 11.5. The molecule has 0 aliphatic carbocycles. The highest BCUT2D eigenvalue weighted by atomic mass is 35.5. The zero-order chi connectivity index (χ0) is 13.7. The summed E-state index contributed by atoms with van der Waals surface area (Å²) in [7, 11) is 1.73. The molecule has 0 aliphatic rings. The van der Waals surface area contributed by atoms with E-state index in [4.69, 9.17) is 23.4 Å². The van der Waals surface area contributed by atoms with Crippen molar-refractivity contribution in [1.29, 1.82) is 5.41 Å². The van der Waals surface area contributed by atoms with E-state index >= 15 is 0 Å². The molecule has 0 saturated heterocycles. The molecular weight excluding hydrogens is 280 g/mol. The molecule has 0 aliphatic heterocycles. The Hall–Kier alpha value is -1.33. The monoisotopic (exact) mass is 300 g/mol. The predicted molar refractivity (Wildman–Crippen MR) is 88.5 cm³/mol. The first-order valence-electron chi connectivity index (χ1n) is 6.03. The summed E-state index contributed by atoms with van der Waals surface area (Å²) in [6.45, 7) is 4.16. The van der Waals surface area contributed by atoms with Crippen molar-refractivity contribution in [1.82, 2.24) is 5.32 Å². The van der Waals surface area contributed by atoms with Crippen LogP contribution in [0.3, 0.4) is 0 Å². The number of hydrogen-bond donors (Lipinski definition) is 3. The molecule has 19 heavy (non-hydrogen) atoms. The van der Waals surface area contributed by atoms with Crippen LogP contribution >= 0.6 is 24.6 Å². The number of benzene rings is 1. The van der Waals surface area contributed by atoms with Gasteiger partial charge < -0.3 is 11.1 Å². The lowest BCUT2D eigenvalue weighted by molar-refractivity contribution is 1.05. The van der Waals surface area contributed by atoms with Crippen molar-refractivity contribution in [2.45, 2.75) is 26.7 Å². The Morgan fingerprint density at radius 2 is 1.79 bits per heavy atom. The number of halogens is 1.